The minimum absolute atomic E-state index is 0.0725. The highest BCUT2D eigenvalue weighted by Gasteiger charge is 2.10. The first-order chi connectivity index (χ1) is 9.22. The Morgan fingerprint density at radius 2 is 2.16 bits per heavy atom. The van der Waals surface area contributed by atoms with E-state index in [9.17, 15) is 9.59 Å². The molecule has 2 aromatic rings. The number of aromatic nitrogens is 3. The average Bonchev–Trinajstić information content (AvgIpc) is 2.42. The van der Waals surface area contributed by atoms with Crippen molar-refractivity contribution in [2.75, 3.05) is 17.2 Å². The molecule has 1 aromatic carbocycles. The summed E-state index contributed by atoms with van der Waals surface area (Å²) in [4.78, 5) is 24.5. The molecule has 2 heterocycles. The first-order valence-corrected chi connectivity index (χ1v) is 6.05. The summed E-state index contributed by atoms with van der Waals surface area (Å²) in [5, 5.41) is 12.1. The Morgan fingerprint density at radius 3 is 3.00 bits per heavy atom. The third-order valence-corrected chi connectivity index (χ3v) is 3.02. The summed E-state index contributed by atoms with van der Waals surface area (Å²) >= 11 is 0. The van der Waals surface area contributed by atoms with Crippen molar-refractivity contribution in [1.82, 2.24) is 15.2 Å². The molecule has 0 radical (unpaired) electrons. The monoisotopic (exact) mass is 259 g/mol. The minimum Gasteiger partial charge on any atom is -0.385 e. The van der Waals surface area contributed by atoms with Crippen molar-refractivity contribution < 1.29 is 0 Å². The Balaban J connectivity index is 1.91. The Labute approximate surface area is 108 Å². The van der Waals surface area contributed by atoms with E-state index in [2.05, 4.69) is 25.8 Å². The number of benzene rings is 1. The quantitative estimate of drug-likeness (QED) is 0.631. The van der Waals surface area contributed by atoms with E-state index in [1.54, 1.807) is 0 Å². The van der Waals surface area contributed by atoms with Gasteiger partial charge in [-0.15, -0.1) is 5.10 Å². The van der Waals surface area contributed by atoms with Gasteiger partial charge in [-0.1, -0.05) is 0 Å². The highest BCUT2D eigenvalue weighted by atomic mass is 16.2. The SMILES string of the molecule is O=c1[nH]nc(Nc2ccc3c(c2)CCCN3)c(=O)[nH]1. The number of anilines is 3. The molecule has 0 fully saturated rings. The molecule has 0 amide bonds. The first kappa shape index (κ1) is 11.5. The standard InChI is InChI=1S/C12H13N5O2/c18-11-10(16-17-12(19)15-11)14-8-3-4-9-7(6-8)2-1-5-13-9/h3-4,6,13H,1-2,5H2,(H,14,16)(H2,15,17,18,19). The van der Waals surface area contributed by atoms with Crippen LogP contribution >= 0.6 is 0 Å². The average molecular weight is 259 g/mol. The zero-order valence-electron chi connectivity index (χ0n) is 10.1. The van der Waals surface area contributed by atoms with Gasteiger partial charge in [0.15, 0.2) is 0 Å². The number of rotatable bonds is 2. The van der Waals surface area contributed by atoms with E-state index in [4.69, 9.17) is 0 Å². The van der Waals surface area contributed by atoms with Crippen molar-refractivity contribution in [3.8, 4) is 0 Å². The lowest BCUT2D eigenvalue weighted by Gasteiger charge is -2.18. The number of nitrogens with zero attached hydrogens (tertiary/aromatic N) is 1. The van der Waals surface area contributed by atoms with E-state index in [1.165, 1.54) is 5.56 Å². The first-order valence-electron chi connectivity index (χ1n) is 6.05. The molecule has 0 saturated carbocycles. The van der Waals surface area contributed by atoms with Gasteiger partial charge in [-0.05, 0) is 36.6 Å². The van der Waals surface area contributed by atoms with Crippen LogP contribution in [0.4, 0.5) is 17.2 Å². The van der Waals surface area contributed by atoms with Gasteiger partial charge in [0.2, 0.25) is 5.82 Å². The van der Waals surface area contributed by atoms with Crippen molar-refractivity contribution in [2.45, 2.75) is 12.8 Å². The molecule has 0 bridgehead atoms. The fraction of sp³-hybridized carbons (Fsp3) is 0.250. The summed E-state index contributed by atoms with van der Waals surface area (Å²) in [6, 6.07) is 5.81. The van der Waals surface area contributed by atoms with Gasteiger partial charge in [0, 0.05) is 17.9 Å². The molecule has 1 aliphatic rings. The molecule has 7 heteroatoms. The number of hydrogen-bond acceptors (Lipinski definition) is 5. The van der Waals surface area contributed by atoms with Crippen LogP contribution in [-0.4, -0.2) is 21.7 Å². The molecule has 0 atom stereocenters. The van der Waals surface area contributed by atoms with Crippen LogP contribution in [0.25, 0.3) is 0 Å². The minimum atomic E-state index is -0.620. The summed E-state index contributed by atoms with van der Waals surface area (Å²) in [5.74, 6) is 0.0725. The van der Waals surface area contributed by atoms with Crippen LogP contribution in [0.15, 0.2) is 27.8 Å². The number of nitrogens with one attached hydrogen (secondary N) is 4. The topological polar surface area (TPSA) is 103 Å². The van der Waals surface area contributed by atoms with E-state index < -0.39 is 11.2 Å². The predicted molar refractivity (Wildman–Crippen MR) is 72.0 cm³/mol. The summed E-state index contributed by atoms with van der Waals surface area (Å²) in [6.07, 6.45) is 2.10. The lowest BCUT2D eigenvalue weighted by Crippen LogP contribution is -2.25. The van der Waals surface area contributed by atoms with Crippen molar-refractivity contribution >= 4 is 17.2 Å². The van der Waals surface area contributed by atoms with Gasteiger partial charge in [-0.3, -0.25) is 9.78 Å². The molecule has 1 aromatic heterocycles. The van der Waals surface area contributed by atoms with Crippen LogP contribution in [0.5, 0.6) is 0 Å². The van der Waals surface area contributed by atoms with E-state index >= 15 is 0 Å². The van der Waals surface area contributed by atoms with Crippen LogP contribution in [-0.2, 0) is 6.42 Å². The number of H-pyrrole nitrogens is 2. The van der Waals surface area contributed by atoms with E-state index in [1.807, 2.05) is 18.2 Å². The van der Waals surface area contributed by atoms with Crippen molar-refractivity contribution in [1.29, 1.82) is 0 Å². The largest absolute Gasteiger partial charge is 0.385 e. The normalized spacial score (nSPS) is 13.5. The maximum Gasteiger partial charge on any atom is 0.342 e. The molecule has 19 heavy (non-hydrogen) atoms. The van der Waals surface area contributed by atoms with Gasteiger partial charge in [-0.25, -0.2) is 9.89 Å². The van der Waals surface area contributed by atoms with Gasteiger partial charge < -0.3 is 10.6 Å². The zero-order chi connectivity index (χ0) is 13.2. The summed E-state index contributed by atoms with van der Waals surface area (Å²) in [5.41, 5.74) is 1.94. The third-order valence-electron chi connectivity index (χ3n) is 3.02. The molecule has 1 aliphatic heterocycles. The second-order valence-corrected chi connectivity index (χ2v) is 4.38. The van der Waals surface area contributed by atoms with E-state index in [0.29, 0.717) is 0 Å². The van der Waals surface area contributed by atoms with Crippen LogP contribution in [0.1, 0.15) is 12.0 Å². The maximum atomic E-state index is 11.5. The molecule has 0 spiro atoms. The zero-order valence-corrected chi connectivity index (χ0v) is 10.1. The summed E-state index contributed by atoms with van der Waals surface area (Å²) < 4.78 is 0. The molecular formula is C12H13N5O2. The Morgan fingerprint density at radius 1 is 1.26 bits per heavy atom. The van der Waals surface area contributed by atoms with Crippen molar-refractivity contribution in [2.24, 2.45) is 0 Å². The van der Waals surface area contributed by atoms with Crippen molar-refractivity contribution in [3.05, 3.63) is 44.6 Å². The molecule has 4 N–H and O–H groups in total. The molecule has 98 valence electrons. The predicted octanol–water partition coefficient (Wildman–Crippen LogP) is 0.560. The highest BCUT2D eigenvalue weighted by Crippen LogP contribution is 2.25. The number of aromatic amines is 2. The summed E-state index contributed by atoms with van der Waals surface area (Å²) in [7, 11) is 0. The van der Waals surface area contributed by atoms with Crippen LogP contribution in [0.2, 0.25) is 0 Å². The smallest absolute Gasteiger partial charge is 0.342 e. The molecule has 0 aliphatic carbocycles. The Kier molecular flexibility index (Phi) is 2.79. The number of aryl methyl sites for hydroxylation is 1. The molecule has 0 unspecified atom stereocenters. The lowest BCUT2D eigenvalue weighted by atomic mass is 10.0. The molecule has 0 saturated heterocycles. The van der Waals surface area contributed by atoms with Crippen LogP contribution < -0.4 is 21.9 Å². The second-order valence-electron chi connectivity index (χ2n) is 4.38. The molecule has 3 rings (SSSR count). The van der Waals surface area contributed by atoms with Gasteiger partial charge in [0.05, 0.1) is 0 Å². The van der Waals surface area contributed by atoms with E-state index in [0.717, 1.165) is 30.8 Å². The van der Waals surface area contributed by atoms with Gasteiger partial charge in [0.1, 0.15) is 0 Å². The molecule has 7 nitrogen and oxygen atoms in total. The van der Waals surface area contributed by atoms with Crippen LogP contribution in [0.3, 0.4) is 0 Å². The summed E-state index contributed by atoms with van der Waals surface area (Å²) in [6.45, 7) is 0.987. The van der Waals surface area contributed by atoms with Gasteiger partial charge in [-0.2, -0.15) is 0 Å². The Bertz CT molecular complexity index is 719. The van der Waals surface area contributed by atoms with Crippen LogP contribution in [0, 0.1) is 0 Å². The third kappa shape index (κ3) is 2.35. The van der Waals surface area contributed by atoms with E-state index in [-0.39, 0.29) is 5.82 Å². The maximum absolute atomic E-state index is 11.5. The van der Waals surface area contributed by atoms with Gasteiger partial charge in [0.25, 0.3) is 5.56 Å². The fourth-order valence-electron chi connectivity index (χ4n) is 2.12. The molecular weight excluding hydrogens is 246 g/mol. The lowest BCUT2D eigenvalue weighted by molar-refractivity contribution is 0.830. The van der Waals surface area contributed by atoms with Crippen molar-refractivity contribution in [3.63, 3.8) is 0 Å². The van der Waals surface area contributed by atoms with Gasteiger partial charge >= 0.3 is 5.69 Å². The number of hydrogen-bond donors (Lipinski definition) is 4. The Hall–Kier alpha value is -2.57. The second kappa shape index (κ2) is 4.60. The fourth-order valence-corrected chi connectivity index (χ4v) is 2.12. The highest BCUT2D eigenvalue weighted by molar-refractivity contribution is 5.64. The number of fused-ring (bicyclic) bond motifs is 1.